The number of allylic oxidation sites excluding steroid dienone is 1. The van der Waals surface area contributed by atoms with E-state index < -0.39 is 10.0 Å². The fraction of sp³-hybridized carbons (Fsp3) is 0.0870. The SMILES string of the molecule is NS(=O)(=O)c1ccc(N2N=C(/C=C/c3ccccc3)C[C@@H]2c2ccccc2)cc1. The number of hydrogen-bond acceptors (Lipinski definition) is 4. The molecule has 0 aromatic heterocycles. The van der Waals surface area contributed by atoms with Crippen LogP contribution in [0.5, 0.6) is 0 Å². The molecule has 1 aliphatic rings. The van der Waals surface area contributed by atoms with Crippen LogP contribution in [0, 0.1) is 0 Å². The number of nitrogens with zero attached hydrogens (tertiary/aromatic N) is 2. The molecule has 0 fully saturated rings. The monoisotopic (exact) mass is 403 g/mol. The molecule has 4 rings (SSSR count). The van der Waals surface area contributed by atoms with Crippen LogP contribution in [0.1, 0.15) is 23.6 Å². The van der Waals surface area contributed by atoms with Crippen LogP contribution >= 0.6 is 0 Å². The highest BCUT2D eigenvalue weighted by Gasteiger charge is 2.28. The van der Waals surface area contributed by atoms with Gasteiger partial charge in [0.05, 0.1) is 22.3 Å². The van der Waals surface area contributed by atoms with Gasteiger partial charge in [-0.1, -0.05) is 66.7 Å². The number of hydrazone groups is 1. The topological polar surface area (TPSA) is 75.8 Å². The minimum atomic E-state index is -3.72. The number of benzene rings is 3. The maximum absolute atomic E-state index is 11.6. The fourth-order valence-corrected chi connectivity index (χ4v) is 3.87. The van der Waals surface area contributed by atoms with Crippen molar-refractivity contribution in [2.45, 2.75) is 17.4 Å². The lowest BCUT2D eigenvalue weighted by molar-refractivity contribution is 0.597. The number of anilines is 1. The van der Waals surface area contributed by atoms with Crippen LogP contribution in [0.2, 0.25) is 0 Å². The summed E-state index contributed by atoms with van der Waals surface area (Å²) in [6.07, 6.45) is 4.84. The van der Waals surface area contributed by atoms with E-state index in [-0.39, 0.29) is 10.9 Å². The Kier molecular flexibility index (Phi) is 5.29. The van der Waals surface area contributed by atoms with E-state index in [1.807, 2.05) is 59.6 Å². The molecule has 1 atom stereocenters. The zero-order valence-corrected chi connectivity index (χ0v) is 16.5. The Hall–Kier alpha value is -3.22. The minimum Gasteiger partial charge on any atom is -0.257 e. The van der Waals surface area contributed by atoms with Crippen molar-refractivity contribution < 1.29 is 8.42 Å². The van der Waals surface area contributed by atoms with E-state index in [9.17, 15) is 8.42 Å². The highest BCUT2D eigenvalue weighted by atomic mass is 32.2. The molecule has 1 aliphatic heterocycles. The third-order valence-corrected chi connectivity index (χ3v) is 5.75. The molecule has 5 nitrogen and oxygen atoms in total. The third kappa shape index (κ3) is 4.45. The van der Waals surface area contributed by atoms with Crippen molar-refractivity contribution in [1.29, 1.82) is 0 Å². The van der Waals surface area contributed by atoms with Crippen molar-refractivity contribution in [1.82, 2.24) is 0 Å². The Bertz CT molecular complexity index is 1140. The van der Waals surface area contributed by atoms with E-state index in [0.29, 0.717) is 0 Å². The van der Waals surface area contributed by atoms with E-state index in [2.05, 4.69) is 18.2 Å². The molecule has 0 unspecified atom stereocenters. The highest BCUT2D eigenvalue weighted by Crippen LogP contribution is 2.35. The van der Waals surface area contributed by atoms with Crippen molar-refractivity contribution in [2.24, 2.45) is 10.2 Å². The predicted octanol–water partition coefficient (Wildman–Crippen LogP) is 4.35. The molecular weight excluding hydrogens is 382 g/mol. The van der Waals surface area contributed by atoms with Crippen LogP contribution in [0.4, 0.5) is 5.69 Å². The van der Waals surface area contributed by atoms with Gasteiger partial charge in [0.1, 0.15) is 0 Å². The zero-order chi connectivity index (χ0) is 20.3. The van der Waals surface area contributed by atoms with Crippen LogP contribution in [-0.4, -0.2) is 14.1 Å². The summed E-state index contributed by atoms with van der Waals surface area (Å²) in [4.78, 5) is 0.0879. The van der Waals surface area contributed by atoms with E-state index in [1.54, 1.807) is 12.1 Å². The molecule has 3 aromatic rings. The molecule has 3 aromatic carbocycles. The molecule has 0 saturated carbocycles. The van der Waals surface area contributed by atoms with E-state index in [1.165, 1.54) is 12.1 Å². The molecule has 146 valence electrons. The van der Waals surface area contributed by atoms with Gasteiger partial charge < -0.3 is 0 Å². The lowest BCUT2D eigenvalue weighted by Gasteiger charge is -2.24. The van der Waals surface area contributed by atoms with Crippen molar-refractivity contribution in [2.75, 3.05) is 5.01 Å². The van der Waals surface area contributed by atoms with Gasteiger partial charge in [0, 0.05) is 6.42 Å². The molecule has 1 heterocycles. The van der Waals surface area contributed by atoms with Crippen molar-refractivity contribution >= 4 is 27.5 Å². The van der Waals surface area contributed by atoms with Crippen molar-refractivity contribution in [3.8, 4) is 0 Å². The molecule has 0 radical (unpaired) electrons. The number of rotatable bonds is 5. The van der Waals surface area contributed by atoms with Gasteiger partial charge in [-0.25, -0.2) is 13.6 Å². The van der Waals surface area contributed by atoms with E-state index in [4.69, 9.17) is 10.2 Å². The largest absolute Gasteiger partial charge is 0.257 e. The van der Waals surface area contributed by atoms with Gasteiger partial charge in [-0.2, -0.15) is 5.10 Å². The maximum atomic E-state index is 11.6. The lowest BCUT2D eigenvalue weighted by Crippen LogP contribution is -2.19. The zero-order valence-electron chi connectivity index (χ0n) is 15.7. The first kappa shape index (κ1) is 19.1. The van der Waals surface area contributed by atoms with Gasteiger partial charge in [-0.3, -0.25) is 5.01 Å². The first-order valence-electron chi connectivity index (χ1n) is 9.28. The Labute approximate surface area is 170 Å². The third-order valence-electron chi connectivity index (χ3n) is 4.82. The van der Waals surface area contributed by atoms with Gasteiger partial charge in [0.25, 0.3) is 0 Å². The standard InChI is InChI=1S/C23H21N3O2S/c24-29(27,28)22-15-13-21(14-16-22)26-23(19-9-5-2-6-10-19)17-20(25-26)12-11-18-7-3-1-4-8-18/h1-16,23H,17H2,(H2,24,27,28)/b12-11+/t23-/m1/s1. The minimum absolute atomic E-state index is 0.0342. The lowest BCUT2D eigenvalue weighted by atomic mass is 10.0. The fourth-order valence-electron chi connectivity index (χ4n) is 3.35. The number of sulfonamides is 1. The molecule has 0 bridgehead atoms. The van der Waals surface area contributed by atoms with Crippen LogP contribution in [-0.2, 0) is 10.0 Å². The second-order valence-electron chi connectivity index (χ2n) is 6.85. The summed E-state index contributed by atoms with van der Waals surface area (Å²) in [5.41, 5.74) is 4.03. The summed E-state index contributed by atoms with van der Waals surface area (Å²) < 4.78 is 23.1. The van der Waals surface area contributed by atoms with Gasteiger partial charge in [0.2, 0.25) is 10.0 Å². The second kappa shape index (κ2) is 8.03. The molecule has 0 spiro atoms. The Morgan fingerprint density at radius 1 is 0.862 bits per heavy atom. The number of nitrogens with two attached hydrogens (primary N) is 1. The summed E-state index contributed by atoms with van der Waals surface area (Å²) in [6.45, 7) is 0. The van der Waals surface area contributed by atoms with Gasteiger partial charge in [-0.15, -0.1) is 0 Å². The Balaban J connectivity index is 1.66. The van der Waals surface area contributed by atoms with Gasteiger partial charge >= 0.3 is 0 Å². The first-order chi connectivity index (χ1) is 14.0. The van der Waals surface area contributed by atoms with E-state index >= 15 is 0 Å². The van der Waals surface area contributed by atoms with Crippen molar-refractivity contribution in [3.05, 3.63) is 102 Å². The van der Waals surface area contributed by atoms with Crippen LogP contribution in [0.15, 0.2) is 101 Å². The van der Waals surface area contributed by atoms with Gasteiger partial charge in [-0.05, 0) is 41.5 Å². The van der Waals surface area contributed by atoms with E-state index in [0.717, 1.165) is 28.9 Å². The highest BCUT2D eigenvalue weighted by molar-refractivity contribution is 7.89. The first-order valence-corrected chi connectivity index (χ1v) is 10.8. The molecule has 0 aliphatic carbocycles. The maximum Gasteiger partial charge on any atom is 0.238 e. The molecule has 0 saturated heterocycles. The molecule has 29 heavy (non-hydrogen) atoms. The molecule has 0 amide bonds. The quantitative estimate of drug-likeness (QED) is 0.688. The van der Waals surface area contributed by atoms with Crippen LogP contribution in [0.3, 0.4) is 0 Å². The summed E-state index contributed by atoms with van der Waals surface area (Å²) in [6, 6.07) is 26.8. The summed E-state index contributed by atoms with van der Waals surface area (Å²) in [7, 11) is -3.72. The van der Waals surface area contributed by atoms with Crippen molar-refractivity contribution in [3.63, 3.8) is 0 Å². The molecular formula is C23H21N3O2S. The number of primary sulfonamides is 1. The average molecular weight is 404 g/mol. The summed E-state index contributed by atoms with van der Waals surface area (Å²) >= 11 is 0. The average Bonchev–Trinajstić information content (AvgIpc) is 3.17. The predicted molar refractivity (Wildman–Crippen MR) is 117 cm³/mol. The second-order valence-corrected chi connectivity index (χ2v) is 8.41. The Morgan fingerprint density at radius 2 is 1.48 bits per heavy atom. The van der Waals surface area contributed by atoms with Gasteiger partial charge in [0.15, 0.2) is 0 Å². The Morgan fingerprint density at radius 3 is 2.10 bits per heavy atom. The smallest absolute Gasteiger partial charge is 0.238 e. The van der Waals surface area contributed by atoms with Crippen LogP contribution in [0.25, 0.3) is 6.08 Å². The normalized spacial score (nSPS) is 16.9. The van der Waals surface area contributed by atoms with Crippen LogP contribution < -0.4 is 10.1 Å². The molecule has 2 N–H and O–H groups in total. The molecule has 6 heteroatoms. The summed E-state index contributed by atoms with van der Waals surface area (Å²) in [5.74, 6) is 0. The summed E-state index contributed by atoms with van der Waals surface area (Å²) in [5, 5.41) is 12.0. The number of hydrogen-bond donors (Lipinski definition) is 1.